The SMILES string of the molecule is CCc1ccccc1NC(=O)COc1ccc2c(C(F)(F)F)cc(=O)oc2c1. The molecule has 0 atom stereocenters. The van der Waals surface area contributed by atoms with Crippen LogP contribution in [0.5, 0.6) is 5.75 Å². The number of carbonyl (C=O) groups excluding carboxylic acids is 1. The molecular formula is C20H16F3NO4. The first-order valence-corrected chi connectivity index (χ1v) is 8.43. The second kappa shape index (κ2) is 7.75. The van der Waals surface area contributed by atoms with E-state index in [9.17, 15) is 22.8 Å². The third kappa shape index (κ3) is 4.33. The molecule has 1 N–H and O–H groups in total. The molecule has 3 aromatic rings. The number of anilines is 1. The first-order valence-electron chi connectivity index (χ1n) is 8.43. The number of hydrogen-bond donors (Lipinski definition) is 1. The van der Waals surface area contributed by atoms with E-state index in [0.29, 0.717) is 11.8 Å². The summed E-state index contributed by atoms with van der Waals surface area (Å²) in [6.07, 6.45) is -3.95. The van der Waals surface area contributed by atoms with Gasteiger partial charge in [-0.3, -0.25) is 4.79 Å². The predicted molar refractivity (Wildman–Crippen MR) is 97.4 cm³/mol. The smallest absolute Gasteiger partial charge is 0.417 e. The van der Waals surface area contributed by atoms with E-state index in [1.54, 1.807) is 12.1 Å². The van der Waals surface area contributed by atoms with Crippen LogP contribution >= 0.6 is 0 Å². The van der Waals surface area contributed by atoms with Crippen molar-refractivity contribution in [3.63, 3.8) is 0 Å². The monoisotopic (exact) mass is 391 g/mol. The number of rotatable bonds is 5. The van der Waals surface area contributed by atoms with Gasteiger partial charge >= 0.3 is 11.8 Å². The predicted octanol–water partition coefficient (Wildman–Crippen LogP) is 4.39. The van der Waals surface area contributed by atoms with Crippen LogP contribution in [0.4, 0.5) is 18.9 Å². The Morgan fingerprint density at radius 3 is 2.61 bits per heavy atom. The topological polar surface area (TPSA) is 68.5 Å². The van der Waals surface area contributed by atoms with Gasteiger partial charge in [-0.2, -0.15) is 13.2 Å². The van der Waals surface area contributed by atoms with Gasteiger partial charge in [0.05, 0.1) is 5.56 Å². The summed E-state index contributed by atoms with van der Waals surface area (Å²) in [5.74, 6) is -0.319. The van der Waals surface area contributed by atoms with Gasteiger partial charge in [-0.1, -0.05) is 25.1 Å². The summed E-state index contributed by atoms with van der Waals surface area (Å²) in [7, 11) is 0. The Hall–Kier alpha value is -3.29. The second-order valence-electron chi connectivity index (χ2n) is 5.98. The molecule has 146 valence electrons. The van der Waals surface area contributed by atoms with Crippen LogP contribution in [-0.2, 0) is 17.4 Å². The molecule has 0 spiro atoms. The molecule has 1 aromatic heterocycles. The van der Waals surface area contributed by atoms with E-state index in [2.05, 4.69) is 5.32 Å². The number of alkyl halides is 3. The van der Waals surface area contributed by atoms with Crippen molar-refractivity contribution in [2.45, 2.75) is 19.5 Å². The summed E-state index contributed by atoms with van der Waals surface area (Å²) in [4.78, 5) is 23.5. The van der Waals surface area contributed by atoms with Gasteiger partial charge in [-0.25, -0.2) is 4.79 Å². The average molecular weight is 391 g/mol. The summed E-state index contributed by atoms with van der Waals surface area (Å²) in [5, 5.41) is 2.46. The molecule has 28 heavy (non-hydrogen) atoms. The normalized spacial score (nSPS) is 11.4. The minimum Gasteiger partial charge on any atom is -0.484 e. The molecular weight excluding hydrogens is 375 g/mol. The lowest BCUT2D eigenvalue weighted by molar-refractivity contribution is -0.136. The number of benzene rings is 2. The number of halogens is 3. The Kier molecular flexibility index (Phi) is 5.39. The molecule has 0 bridgehead atoms. The van der Waals surface area contributed by atoms with E-state index in [4.69, 9.17) is 9.15 Å². The number of carbonyl (C=O) groups is 1. The van der Waals surface area contributed by atoms with Crippen LogP contribution in [-0.4, -0.2) is 12.5 Å². The number of hydrogen-bond acceptors (Lipinski definition) is 4. The van der Waals surface area contributed by atoms with E-state index in [0.717, 1.165) is 24.1 Å². The molecule has 1 amide bonds. The van der Waals surface area contributed by atoms with E-state index in [1.165, 1.54) is 6.07 Å². The highest BCUT2D eigenvalue weighted by Gasteiger charge is 2.33. The molecule has 0 saturated heterocycles. The molecule has 8 heteroatoms. The van der Waals surface area contributed by atoms with Crippen molar-refractivity contribution in [1.82, 2.24) is 0 Å². The lowest BCUT2D eigenvalue weighted by Gasteiger charge is -2.12. The minimum atomic E-state index is -4.69. The quantitative estimate of drug-likeness (QED) is 0.655. The van der Waals surface area contributed by atoms with Crippen molar-refractivity contribution in [2.24, 2.45) is 0 Å². The molecule has 2 aromatic carbocycles. The van der Waals surface area contributed by atoms with Crippen LogP contribution in [0, 0.1) is 0 Å². The van der Waals surface area contributed by atoms with Gasteiger partial charge in [0.1, 0.15) is 11.3 Å². The Labute approximate surface area is 157 Å². The summed E-state index contributed by atoms with van der Waals surface area (Å²) in [6.45, 7) is 1.60. The molecule has 5 nitrogen and oxygen atoms in total. The number of ether oxygens (including phenoxy) is 1. The van der Waals surface area contributed by atoms with Gasteiger partial charge in [0.2, 0.25) is 0 Å². The third-order valence-corrected chi connectivity index (χ3v) is 4.06. The molecule has 0 aliphatic rings. The highest BCUT2D eigenvalue weighted by Crippen LogP contribution is 2.34. The second-order valence-corrected chi connectivity index (χ2v) is 5.98. The number of para-hydroxylation sites is 1. The maximum atomic E-state index is 13.1. The molecule has 0 fully saturated rings. The Bertz CT molecular complexity index is 1070. The van der Waals surface area contributed by atoms with Crippen molar-refractivity contribution < 1.29 is 27.1 Å². The summed E-state index contributed by atoms with van der Waals surface area (Å²) < 4.78 is 49.3. The number of fused-ring (bicyclic) bond motifs is 1. The lowest BCUT2D eigenvalue weighted by atomic mass is 10.1. The molecule has 0 saturated carbocycles. The minimum absolute atomic E-state index is 0.105. The maximum absolute atomic E-state index is 13.1. The fraction of sp³-hybridized carbons (Fsp3) is 0.200. The van der Waals surface area contributed by atoms with Gasteiger partial charge in [0.25, 0.3) is 5.91 Å². The Morgan fingerprint density at radius 1 is 1.14 bits per heavy atom. The Balaban J connectivity index is 1.76. The van der Waals surface area contributed by atoms with E-state index < -0.39 is 23.3 Å². The first-order chi connectivity index (χ1) is 13.3. The van der Waals surface area contributed by atoms with Gasteiger partial charge in [0, 0.05) is 23.2 Å². The van der Waals surface area contributed by atoms with E-state index >= 15 is 0 Å². The summed E-state index contributed by atoms with van der Waals surface area (Å²) in [5.41, 5.74) is -0.847. The fourth-order valence-corrected chi connectivity index (χ4v) is 2.75. The zero-order valence-electron chi connectivity index (χ0n) is 14.8. The van der Waals surface area contributed by atoms with Gasteiger partial charge in [-0.05, 0) is 30.2 Å². The standard InChI is InChI=1S/C20H16F3NO4/c1-2-12-5-3-4-6-16(12)24-18(25)11-27-13-7-8-14-15(20(21,22)23)10-19(26)28-17(14)9-13/h3-10H,2,11H2,1H3,(H,24,25). The van der Waals surface area contributed by atoms with Crippen molar-refractivity contribution in [1.29, 1.82) is 0 Å². The highest BCUT2D eigenvalue weighted by molar-refractivity contribution is 5.92. The molecule has 0 aliphatic carbocycles. The zero-order valence-corrected chi connectivity index (χ0v) is 14.8. The Morgan fingerprint density at radius 2 is 1.89 bits per heavy atom. The number of aryl methyl sites for hydroxylation is 1. The largest absolute Gasteiger partial charge is 0.484 e. The average Bonchev–Trinajstić information content (AvgIpc) is 2.65. The van der Waals surface area contributed by atoms with Crippen LogP contribution in [0.2, 0.25) is 0 Å². The van der Waals surface area contributed by atoms with Crippen LogP contribution < -0.4 is 15.7 Å². The van der Waals surface area contributed by atoms with Crippen molar-refractivity contribution in [3.05, 3.63) is 70.1 Å². The maximum Gasteiger partial charge on any atom is 0.417 e. The lowest BCUT2D eigenvalue weighted by Crippen LogP contribution is -2.20. The molecule has 1 heterocycles. The van der Waals surface area contributed by atoms with Crippen molar-refractivity contribution in [2.75, 3.05) is 11.9 Å². The fourth-order valence-electron chi connectivity index (χ4n) is 2.75. The van der Waals surface area contributed by atoms with Crippen LogP contribution in [0.3, 0.4) is 0 Å². The van der Waals surface area contributed by atoms with Gasteiger partial charge in [0.15, 0.2) is 6.61 Å². The van der Waals surface area contributed by atoms with Crippen LogP contribution in [0.25, 0.3) is 11.0 Å². The van der Waals surface area contributed by atoms with E-state index in [1.807, 2.05) is 19.1 Å². The molecule has 0 unspecified atom stereocenters. The first kappa shape index (κ1) is 19.5. The molecule has 0 radical (unpaired) electrons. The van der Waals surface area contributed by atoms with Crippen molar-refractivity contribution in [3.8, 4) is 5.75 Å². The van der Waals surface area contributed by atoms with Crippen LogP contribution in [0.15, 0.2) is 57.7 Å². The highest BCUT2D eigenvalue weighted by atomic mass is 19.4. The zero-order chi connectivity index (χ0) is 20.3. The van der Waals surface area contributed by atoms with Crippen molar-refractivity contribution >= 4 is 22.6 Å². The summed E-state index contributed by atoms with van der Waals surface area (Å²) in [6, 6.07) is 11.3. The molecule has 0 aliphatic heterocycles. The number of amides is 1. The number of nitrogens with one attached hydrogen (secondary N) is 1. The van der Waals surface area contributed by atoms with Crippen LogP contribution in [0.1, 0.15) is 18.1 Å². The van der Waals surface area contributed by atoms with Gasteiger partial charge in [-0.15, -0.1) is 0 Å². The summed E-state index contributed by atoms with van der Waals surface area (Å²) >= 11 is 0. The molecule has 3 rings (SSSR count). The third-order valence-electron chi connectivity index (χ3n) is 4.06. The van der Waals surface area contributed by atoms with E-state index in [-0.39, 0.29) is 23.3 Å². The van der Waals surface area contributed by atoms with Gasteiger partial charge < -0.3 is 14.5 Å².